The zero-order valence-corrected chi connectivity index (χ0v) is 109. The van der Waals surface area contributed by atoms with Crippen LogP contribution < -0.4 is 0 Å². The maximum absolute atomic E-state index is 12.2. The van der Waals surface area contributed by atoms with Gasteiger partial charge in [-0.25, -0.2) is 0 Å². The Hall–Kier alpha value is -5.72. The molecule has 0 N–H and O–H groups in total. The van der Waals surface area contributed by atoms with E-state index in [2.05, 4.69) is 266 Å². The highest BCUT2D eigenvalue weighted by Gasteiger charge is 2.38. The average molecular weight is 2130 g/mol. The molecular weight excluding hydrogens is 1880 g/mol. The molecule has 0 aromatic heterocycles. The standard InChI is InChI=1S/C17H34N2O2.C16H32N2O2.C13H24O2.C13H26O2.2C12H24O2.3C11H22O2.C9H18O2/c1-16(2,3)8-14-21-15(20)17(4,5)7-9-19-12-10-18(6)11-13-19;1-15(2,3)13-20-14(19)16(4,5)7-8-18-11-9-17(6)10-12-18;1-12(2,3)9-7-8-10-15-11(14)13(4,5)6;1-7-8-13(5,6)11(14)15-10-9-12(2,3)4;1-7-12(5,6)10(13)14-9-8-11(2,3)4;1-7-8-12(5,6)10(13)14-9-11(2,3)4;1-10(2,3)7-8-13-9(12)11(4,5)6;2*1-7-11(5,6)9(12)13-8-10(2,3)4;1-7(8(10)11-5)6-9(2,3)4/h7-14H2,1-6H3;7-13H2,1-6H3;7-8H,9-10H2,1-6H3;7-10H2,1-6H3;2*7-9H2,1-6H3;3*7-8H2,1-6H3;7H,6H2,1-5H3/b;;8-7-;;;;;;;/t;;;;;;;;;7-/m.........0/s1. The maximum atomic E-state index is 12.2. The minimum Gasteiger partial charge on any atom is -0.469 e. The van der Waals surface area contributed by atoms with Gasteiger partial charge in [0.15, 0.2) is 0 Å². The highest BCUT2D eigenvalue weighted by molar-refractivity contribution is 5.79. The molecular formula is C125H248N4O20. The molecule has 2 aliphatic rings. The molecule has 888 valence electrons. The Bertz CT molecular complexity index is 3620. The molecule has 2 heterocycles. The van der Waals surface area contributed by atoms with Gasteiger partial charge in [0.05, 0.1) is 115 Å². The van der Waals surface area contributed by atoms with Gasteiger partial charge in [-0.05, 0) is 303 Å². The summed E-state index contributed by atoms with van der Waals surface area (Å²) in [6, 6.07) is 0. The van der Waals surface area contributed by atoms with Crippen LogP contribution in [0.1, 0.15) is 484 Å². The van der Waals surface area contributed by atoms with Crippen molar-refractivity contribution in [2.24, 2.45) is 109 Å². The van der Waals surface area contributed by atoms with Gasteiger partial charge in [-0.15, -0.1) is 0 Å². The molecule has 0 radical (unpaired) electrons. The SMILES string of the molecule is CC(C)(C)C/C=C\COC(=O)C(C)(C)C.CC(C)(C)CCOC(=O)C(C)(C)C.CCC(C)(C)C(=O)OCC(C)(C)C.CCC(C)(C)C(=O)OCC(C)(C)C.CCC(C)(C)C(=O)OCCC(C)(C)C.CCCC(C)(C)C(=O)OCC(C)(C)C.CCCC(C)(C)C(=O)OCCC(C)(C)C.CN1CCN(CCC(C)(C)C(=O)OCC(C)(C)C)CC1.CN1CCN(CCC(C)(C)C(=O)OCCC(C)(C)C)CC1.COC(=O)[C@@H](C)CC(C)(C)C. The molecule has 0 saturated carbocycles. The summed E-state index contributed by atoms with van der Waals surface area (Å²) in [6.07, 6.45) is 17.5. The van der Waals surface area contributed by atoms with Gasteiger partial charge in [0, 0.05) is 52.4 Å². The van der Waals surface area contributed by atoms with Crippen LogP contribution in [0.15, 0.2) is 12.2 Å². The lowest BCUT2D eigenvalue weighted by Gasteiger charge is -2.34. The molecule has 24 heteroatoms. The number of carbonyl (C=O) groups is 10. The molecule has 0 spiro atoms. The summed E-state index contributed by atoms with van der Waals surface area (Å²) in [7, 11) is 5.75. The molecule has 2 rings (SSSR count). The van der Waals surface area contributed by atoms with Crippen LogP contribution in [0.3, 0.4) is 0 Å². The van der Waals surface area contributed by atoms with Crippen molar-refractivity contribution in [2.75, 3.05) is 146 Å². The van der Waals surface area contributed by atoms with E-state index in [1.54, 1.807) is 0 Å². The van der Waals surface area contributed by atoms with E-state index in [1.165, 1.54) is 7.11 Å². The predicted molar refractivity (Wildman–Crippen MR) is 624 cm³/mol. The highest BCUT2D eigenvalue weighted by Crippen LogP contribution is 2.34. The molecule has 0 unspecified atom stereocenters. The van der Waals surface area contributed by atoms with Gasteiger partial charge in [0.1, 0.15) is 6.61 Å². The van der Waals surface area contributed by atoms with Crippen molar-refractivity contribution in [3.05, 3.63) is 12.2 Å². The number of ether oxygens (including phenoxy) is 10. The highest BCUT2D eigenvalue weighted by atomic mass is 16.6. The fourth-order valence-electron chi connectivity index (χ4n) is 11.7. The van der Waals surface area contributed by atoms with Crippen LogP contribution in [0.2, 0.25) is 0 Å². The Balaban J connectivity index is -0.000000249. The quantitative estimate of drug-likeness (QED) is 0.0317. The van der Waals surface area contributed by atoms with E-state index in [9.17, 15) is 47.9 Å². The van der Waals surface area contributed by atoms with E-state index in [0.29, 0.717) is 64.9 Å². The molecule has 0 amide bonds. The molecule has 0 bridgehead atoms. The fraction of sp³-hybridized carbons (Fsp3) is 0.904. The first-order chi connectivity index (χ1) is 66.3. The third-order valence-corrected chi connectivity index (χ3v) is 24.4. The number of likely N-dealkylation sites (N-methyl/N-ethyl adjacent to an activating group) is 2. The number of rotatable bonds is 37. The third kappa shape index (κ3) is 97.7. The molecule has 2 saturated heterocycles. The number of allylic oxidation sites excluding steroid dienone is 1. The number of carbonyl (C=O) groups excluding carboxylic acids is 10. The minimum absolute atomic E-state index is 0.0139. The normalized spacial score (nSPS) is 14.6. The van der Waals surface area contributed by atoms with Crippen molar-refractivity contribution < 1.29 is 95.3 Å². The zero-order chi connectivity index (χ0) is 120. The van der Waals surface area contributed by atoms with Gasteiger partial charge in [-0.2, -0.15) is 0 Å². The Morgan fingerprint density at radius 1 is 0.248 bits per heavy atom. The summed E-state index contributed by atoms with van der Waals surface area (Å²) in [5.74, 6) is -0.885. The first-order valence-electron chi connectivity index (χ1n) is 56.4. The topological polar surface area (TPSA) is 276 Å². The van der Waals surface area contributed by atoms with Crippen molar-refractivity contribution in [3.8, 4) is 0 Å². The van der Waals surface area contributed by atoms with Gasteiger partial charge in [0.2, 0.25) is 0 Å². The lowest BCUT2D eigenvalue weighted by Crippen LogP contribution is -2.45. The first-order valence-corrected chi connectivity index (χ1v) is 56.4. The molecule has 24 nitrogen and oxygen atoms in total. The van der Waals surface area contributed by atoms with E-state index < -0.39 is 10.8 Å². The minimum atomic E-state index is -0.405. The molecule has 1 atom stereocenters. The van der Waals surface area contributed by atoms with E-state index in [-0.39, 0.29) is 152 Å². The maximum Gasteiger partial charge on any atom is 0.311 e. The summed E-state index contributed by atoms with van der Waals surface area (Å²) in [5.41, 5.74) is -1.64. The van der Waals surface area contributed by atoms with Crippen molar-refractivity contribution in [2.45, 2.75) is 484 Å². The van der Waals surface area contributed by atoms with E-state index in [4.69, 9.17) is 42.6 Å². The summed E-state index contributed by atoms with van der Waals surface area (Å²) >= 11 is 0. The van der Waals surface area contributed by atoms with Crippen LogP contribution in [0.25, 0.3) is 0 Å². The first kappa shape index (κ1) is 158. The number of methoxy groups -OCH3 is 1. The van der Waals surface area contributed by atoms with E-state index in [1.807, 2.05) is 172 Å². The second kappa shape index (κ2) is 71.5. The van der Waals surface area contributed by atoms with Gasteiger partial charge >= 0.3 is 59.7 Å². The third-order valence-electron chi connectivity index (χ3n) is 24.4. The Labute approximate surface area is 920 Å². The zero-order valence-electron chi connectivity index (χ0n) is 109. The number of nitrogens with zero attached hydrogens (tertiary/aromatic N) is 4. The number of hydrogen-bond acceptors (Lipinski definition) is 24. The van der Waals surface area contributed by atoms with Crippen LogP contribution in [0, 0.1) is 109 Å². The molecule has 0 aromatic carbocycles. The van der Waals surface area contributed by atoms with E-state index >= 15 is 0 Å². The van der Waals surface area contributed by atoms with Crippen LogP contribution in [0.4, 0.5) is 0 Å². The number of esters is 10. The Morgan fingerprint density at radius 3 is 0.664 bits per heavy atom. The second-order valence-electron chi connectivity index (χ2n) is 60.4. The lowest BCUT2D eigenvalue weighted by molar-refractivity contribution is -0.158. The van der Waals surface area contributed by atoms with Gasteiger partial charge in [0.25, 0.3) is 0 Å². The van der Waals surface area contributed by atoms with E-state index in [0.717, 1.165) is 162 Å². The van der Waals surface area contributed by atoms with Crippen LogP contribution in [-0.2, 0) is 95.3 Å². The van der Waals surface area contributed by atoms with Crippen molar-refractivity contribution in [3.63, 3.8) is 0 Å². The smallest absolute Gasteiger partial charge is 0.311 e. The van der Waals surface area contributed by atoms with Gasteiger partial charge in [-0.3, -0.25) is 47.9 Å². The van der Waals surface area contributed by atoms with Crippen LogP contribution in [0.5, 0.6) is 0 Å². The number of piperazine rings is 2. The fourth-order valence-corrected chi connectivity index (χ4v) is 11.7. The molecule has 149 heavy (non-hydrogen) atoms. The number of hydrogen-bond donors (Lipinski definition) is 0. The Kier molecular flexibility index (Phi) is 76.1. The van der Waals surface area contributed by atoms with Gasteiger partial charge < -0.3 is 67.0 Å². The summed E-state index contributed by atoms with van der Waals surface area (Å²) < 4.78 is 52.1. The largest absolute Gasteiger partial charge is 0.469 e. The molecule has 2 fully saturated rings. The van der Waals surface area contributed by atoms with Crippen LogP contribution in [-0.4, -0.2) is 225 Å². The molecule has 2 aliphatic heterocycles. The van der Waals surface area contributed by atoms with Crippen molar-refractivity contribution >= 4 is 59.7 Å². The second-order valence-corrected chi connectivity index (χ2v) is 60.4. The van der Waals surface area contributed by atoms with Crippen LogP contribution >= 0.6 is 0 Å². The monoisotopic (exact) mass is 2130 g/mol. The van der Waals surface area contributed by atoms with Crippen molar-refractivity contribution in [1.82, 2.24) is 19.6 Å². The molecule has 0 aromatic rings. The van der Waals surface area contributed by atoms with Gasteiger partial charge in [-0.1, -0.05) is 274 Å². The summed E-state index contributed by atoms with van der Waals surface area (Å²) in [5, 5.41) is 0. The predicted octanol–water partition coefficient (Wildman–Crippen LogP) is 30.3. The Morgan fingerprint density at radius 2 is 0.463 bits per heavy atom. The average Bonchev–Trinajstić information content (AvgIpc) is 0.863. The molecule has 0 aliphatic carbocycles. The summed E-state index contributed by atoms with van der Waals surface area (Å²) in [4.78, 5) is 126. The summed E-state index contributed by atoms with van der Waals surface area (Å²) in [6.45, 7) is 129. The van der Waals surface area contributed by atoms with Crippen molar-refractivity contribution in [1.29, 1.82) is 0 Å². The lowest BCUT2D eigenvalue weighted by atomic mass is 9.85.